The van der Waals surface area contributed by atoms with E-state index in [-0.39, 0.29) is 16.5 Å². The van der Waals surface area contributed by atoms with Gasteiger partial charge in [-0.2, -0.15) is 0 Å². The van der Waals surface area contributed by atoms with Crippen molar-refractivity contribution in [3.63, 3.8) is 0 Å². The maximum absolute atomic E-state index is 12.1. The maximum Gasteiger partial charge on any atom is 0.270 e. The SMILES string of the molecule is CC(C)NS(=O)(=O)c1ccc(C(=O)NNC(=O)c2ccccc2Br)cc1. The van der Waals surface area contributed by atoms with Crippen molar-refractivity contribution in [3.8, 4) is 0 Å². The summed E-state index contributed by atoms with van der Waals surface area (Å²) in [5, 5.41) is 0. The van der Waals surface area contributed by atoms with Crippen LogP contribution in [0.2, 0.25) is 0 Å². The van der Waals surface area contributed by atoms with Crippen LogP contribution in [0.25, 0.3) is 0 Å². The predicted octanol–water partition coefficient (Wildman–Crippen LogP) is 2.21. The lowest BCUT2D eigenvalue weighted by Crippen LogP contribution is -2.41. The van der Waals surface area contributed by atoms with Crippen molar-refractivity contribution in [3.05, 3.63) is 64.1 Å². The molecule has 2 aromatic rings. The molecule has 0 fully saturated rings. The van der Waals surface area contributed by atoms with Crippen LogP contribution in [0.1, 0.15) is 34.6 Å². The number of rotatable bonds is 5. The molecule has 0 atom stereocenters. The summed E-state index contributed by atoms with van der Waals surface area (Å²) in [5.74, 6) is -1.04. The molecule has 0 spiro atoms. The molecule has 0 unspecified atom stereocenters. The van der Waals surface area contributed by atoms with Gasteiger partial charge in [-0.15, -0.1) is 0 Å². The van der Waals surface area contributed by atoms with Gasteiger partial charge in [-0.05, 0) is 66.2 Å². The van der Waals surface area contributed by atoms with Gasteiger partial charge in [-0.3, -0.25) is 20.4 Å². The molecule has 0 heterocycles. The number of carbonyl (C=O) groups excluding carboxylic acids is 2. The van der Waals surface area contributed by atoms with Crippen molar-refractivity contribution in [2.75, 3.05) is 0 Å². The van der Waals surface area contributed by atoms with E-state index in [2.05, 4.69) is 31.5 Å². The zero-order valence-electron chi connectivity index (χ0n) is 14.1. The summed E-state index contributed by atoms with van der Waals surface area (Å²) in [4.78, 5) is 24.2. The van der Waals surface area contributed by atoms with Gasteiger partial charge in [0, 0.05) is 16.1 Å². The molecule has 0 aliphatic rings. The molecule has 138 valence electrons. The summed E-state index contributed by atoms with van der Waals surface area (Å²) in [7, 11) is -3.63. The van der Waals surface area contributed by atoms with E-state index in [1.807, 2.05) is 0 Å². The fourth-order valence-electron chi connectivity index (χ4n) is 2.06. The van der Waals surface area contributed by atoms with Crippen molar-refractivity contribution >= 4 is 37.8 Å². The van der Waals surface area contributed by atoms with E-state index in [1.54, 1.807) is 38.1 Å². The lowest BCUT2D eigenvalue weighted by atomic mass is 10.2. The maximum atomic E-state index is 12.1. The normalized spacial score (nSPS) is 11.2. The smallest absolute Gasteiger partial charge is 0.267 e. The van der Waals surface area contributed by atoms with Gasteiger partial charge in [0.15, 0.2) is 0 Å². The van der Waals surface area contributed by atoms with Crippen LogP contribution >= 0.6 is 15.9 Å². The van der Waals surface area contributed by atoms with Crippen molar-refractivity contribution in [1.29, 1.82) is 0 Å². The minimum Gasteiger partial charge on any atom is -0.267 e. The van der Waals surface area contributed by atoms with Crippen molar-refractivity contribution in [1.82, 2.24) is 15.6 Å². The number of benzene rings is 2. The zero-order valence-corrected chi connectivity index (χ0v) is 16.5. The minimum atomic E-state index is -3.63. The summed E-state index contributed by atoms with van der Waals surface area (Å²) >= 11 is 3.26. The van der Waals surface area contributed by atoms with Crippen LogP contribution in [0.5, 0.6) is 0 Å². The molecule has 0 aliphatic carbocycles. The summed E-state index contributed by atoms with van der Waals surface area (Å²) in [6.07, 6.45) is 0. The first-order chi connectivity index (χ1) is 12.2. The third-order valence-electron chi connectivity index (χ3n) is 3.23. The molecule has 7 nitrogen and oxygen atoms in total. The van der Waals surface area contributed by atoms with Crippen LogP contribution in [0.4, 0.5) is 0 Å². The average molecular weight is 440 g/mol. The fourth-order valence-corrected chi connectivity index (χ4v) is 3.78. The molecule has 0 aromatic heterocycles. The molecule has 9 heteroatoms. The van der Waals surface area contributed by atoms with Crippen molar-refractivity contribution in [2.24, 2.45) is 0 Å². The molecular weight excluding hydrogens is 422 g/mol. The Labute approximate surface area is 160 Å². The van der Waals surface area contributed by atoms with E-state index in [0.29, 0.717) is 10.0 Å². The lowest BCUT2D eigenvalue weighted by Gasteiger charge is -2.11. The highest BCUT2D eigenvalue weighted by atomic mass is 79.9. The van der Waals surface area contributed by atoms with Crippen LogP contribution in [-0.2, 0) is 10.0 Å². The topological polar surface area (TPSA) is 104 Å². The molecule has 3 N–H and O–H groups in total. The first kappa shape index (κ1) is 20.1. The third-order valence-corrected chi connectivity index (χ3v) is 5.59. The molecule has 2 amide bonds. The van der Waals surface area contributed by atoms with Gasteiger partial charge in [-0.1, -0.05) is 12.1 Å². The van der Waals surface area contributed by atoms with E-state index in [0.717, 1.165) is 0 Å². The molecule has 0 radical (unpaired) electrons. The molecule has 2 rings (SSSR count). The van der Waals surface area contributed by atoms with Gasteiger partial charge in [0.05, 0.1) is 10.5 Å². The number of nitrogens with one attached hydrogen (secondary N) is 3. The third kappa shape index (κ3) is 5.13. The van der Waals surface area contributed by atoms with Crippen LogP contribution in [0.15, 0.2) is 57.9 Å². The number of halogens is 1. The van der Waals surface area contributed by atoms with E-state index >= 15 is 0 Å². The largest absolute Gasteiger partial charge is 0.270 e. The number of hydrogen-bond acceptors (Lipinski definition) is 4. The summed E-state index contributed by atoms with van der Waals surface area (Å²) in [5.41, 5.74) is 5.18. The van der Waals surface area contributed by atoms with Crippen molar-refractivity contribution in [2.45, 2.75) is 24.8 Å². The van der Waals surface area contributed by atoms with E-state index < -0.39 is 21.8 Å². The number of amides is 2. The van der Waals surface area contributed by atoms with Gasteiger partial charge in [-0.25, -0.2) is 13.1 Å². The monoisotopic (exact) mass is 439 g/mol. The molecule has 0 bridgehead atoms. The average Bonchev–Trinajstić information content (AvgIpc) is 2.59. The van der Waals surface area contributed by atoms with Crippen LogP contribution < -0.4 is 15.6 Å². The van der Waals surface area contributed by atoms with Crippen LogP contribution in [0, 0.1) is 0 Å². The molecule has 0 aliphatic heterocycles. The Kier molecular flexibility index (Phi) is 6.52. The quantitative estimate of drug-likeness (QED) is 0.621. The van der Waals surface area contributed by atoms with Gasteiger partial charge < -0.3 is 0 Å². The number of hydrogen-bond donors (Lipinski definition) is 3. The first-order valence-corrected chi connectivity index (χ1v) is 9.96. The van der Waals surface area contributed by atoms with E-state index in [9.17, 15) is 18.0 Å². The number of hydrazine groups is 1. The molecule has 2 aromatic carbocycles. The standard InChI is InChI=1S/C17H18BrN3O4S/c1-11(2)21-26(24,25)13-9-7-12(8-10-13)16(22)19-20-17(23)14-5-3-4-6-15(14)18/h3-11,21H,1-2H3,(H,19,22)(H,20,23). The Morgan fingerprint density at radius 3 is 2.08 bits per heavy atom. The van der Waals surface area contributed by atoms with Crippen molar-refractivity contribution < 1.29 is 18.0 Å². The Morgan fingerprint density at radius 2 is 1.50 bits per heavy atom. The van der Waals surface area contributed by atoms with Gasteiger partial charge >= 0.3 is 0 Å². The fraction of sp³-hybridized carbons (Fsp3) is 0.176. The second-order valence-electron chi connectivity index (χ2n) is 5.69. The molecule has 26 heavy (non-hydrogen) atoms. The highest BCUT2D eigenvalue weighted by molar-refractivity contribution is 9.10. The highest BCUT2D eigenvalue weighted by Crippen LogP contribution is 2.15. The van der Waals surface area contributed by atoms with Gasteiger partial charge in [0.2, 0.25) is 10.0 Å². The van der Waals surface area contributed by atoms with E-state index in [4.69, 9.17) is 0 Å². The Morgan fingerprint density at radius 1 is 0.923 bits per heavy atom. The predicted molar refractivity (Wildman–Crippen MR) is 101 cm³/mol. The van der Waals surface area contributed by atoms with Gasteiger partial charge in [0.25, 0.3) is 11.8 Å². The highest BCUT2D eigenvalue weighted by Gasteiger charge is 2.16. The Balaban J connectivity index is 2.02. The van der Waals surface area contributed by atoms with Crippen LogP contribution in [-0.4, -0.2) is 26.3 Å². The molecule has 0 saturated heterocycles. The number of carbonyl (C=O) groups is 2. The molecule has 0 saturated carbocycles. The molecular formula is C17H18BrN3O4S. The zero-order chi connectivity index (χ0) is 19.3. The lowest BCUT2D eigenvalue weighted by molar-refractivity contribution is 0.0846. The Bertz CT molecular complexity index is 912. The summed E-state index contributed by atoms with van der Waals surface area (Å²) < 4.78 is 27.2. The summed E-state index contributed by atoms with van der Waals surface area (Å²) in [6, 6.07) is 11.9. The minimum absolute atomic E-state index is 0.0556. The second kappa shape index (κ2) is 8.43. The number of sulfonamides is 1. The van der Waals surface area contributed by atoms with E-state index in [1.165, 1.54) is 24.3 Å². The summed E-state index contributed by atoms with van der Waals surface area (Å²) in [6.45, 7) is 3.43. The first-order valence-electron chi connectivity index (χ1n) is 7.68. The Hall–Kier alpha value is -2.23. The van der Waals surface area contributed by atoms with Crippen LogP contribution in [0.3, 0.4) is 0 Å². The second-order valence-corrected chi connectivity index (χ2v) is 8.26. The van der Waals surface area contributed by atoms with Gasteiger partial charge in [0.1, 0.15) is 0 Å².